The molecule has 142 valence electrons. The van der Waals surface area contributed by atoms with Crippen molar-refractivity contribution in [3.63, 3.8) is 0 Å². The van der Waals surface area contributed by atoms with E-state index >= 15 is 0 Å². The molecule has 0 bridgehead atoms. The van der Waals surface area contributed by atoms with Crippen LogP contribution in [0.4, 0.5) is 5.69 Å². The van der Waals surface area contributed by atoms with Crippen LogP contribution in [-0.2, 0) is 11.4 Å². The highest BCUT2D eigenvalue weighted by molar-refractivity contribution is 5.95. The van der Waals surface area contributed by atoms with Crippen LogP contribution >= 0.6 is 0 Å². The van der Waals surface area contributed by atoms with Gasteiger partial charge in [-0.1, -0.05) is 48.5 Å². The summed E-state index contributed by atoms with van der Waals surface area (Å²) in [5, 5.41) is 5.55. The van der Waals surface area contributed by atoms with Gasteiger partial charge in [-0.25, -0.2) is 0 Å². The van der Waals surface area contributed by atoms with E-state index in [9.17, 15) is 9.59 Å². The quantitative estimate of drug-likeness (QED) is 0.626. The summed E-state index contributed by atoms with van der Waals surface area (Å²) in [6, 6.07) is 26.1. The zero-order valence-corrected chi connectivity index (χ0v) is 15.4. The molecular weight excluding hydrogens is 352 g/mol. The van der Waals surface area contributed by atoms with Gasteiger partial charge in [0.15, 0.2) is 0 Å². The molecule has 5 heteroatoms. The van der Waals surface area contributed by atoms with E-state index in [2.05, 4.69) is 10.6 Å². The van der Waals surface area contributed by atoms with Crippen molar-refractivity contribution in [1.82, 2.24) is 5.32 Å². The first-order valence-electron chi connectivity index (χ1n) is 9.10. The van der Waals surface area contributed by atoms with E-state index in [-0.39, 0.29) is 24.8 Å². The van der Waals surface area contributed by atoms with E-state index in [0.717, 1.165) is 11.3 Å². The minimum Gasteiger partial charge on any atom is -0.489 e. The van der Waals surface area contributed by atoms with Crippen molar-refractivity contribution < 1.29 is 14.3 Å². The van der Waals surface area contributed by atoms with Crippen LogP contribution in [0.3, 0.4) is 0 Å². The zero-order valence-electron chi connectivity index (χ0n) is 15.4. The molecule has 0 heterocycles. The van der Waals surface area contributed by atoms with E-state index in [1.54, 1.807) is 36.4 Å². The molecule has 0 unspecified atom stereocenters. The van der Waals surface area contributed by atoms with Crippen LogP contribution in [0.2, 0.25) is 0 Å². The van der Waals surface area contributed by atoms with Crippen LogP contribution in [0.5, 0.6) is 5.75 Å². The van der Waals surface area contributed by atoms with E-state index < -0.39 is 0 Å². The van der Waals surface area contributed by atoms with E-state index in [0.29, 0.717) is 17.9 Å². The Bertz CT molecular complexity index is 894. The van der Waals surface area contributed by atoms with Crippen LogP contribution in [0, 0.1) is 0 Å². The summed E-state index contributed by atoms with van der Waals surface area (Å²) in [5.41, 5.74) is 2.36. The molecule has 28 heavy (non-hydrogen) atoms. The van der Waals surface area contributed by atoms with Crippen molar-refractivity contribution in [1.29, 1.82) is 0 Å². The normalized spacial score (nSPS) is 10.1. The molecule has 5 nitrogen and oxygen atoms in total. The second kappa shape index (κ2) is 9.92. The summed E-state index contributed by atoms with van der Waals surface area (Å²) in [6.07, 6.45) is 0.199. The summed E-state index contributed by atoms with van der Waals surface area (Å²) in [5.74, 6) is 0.386. The number of hydrogen-bond acceptors (Lipinski definition) is 3. The molecule has 0 aromatic heterocycles. The third-order valence-electron chi connectivity index (χ3n) is 4.06. The highest BCUT2D eigenvalue weighted by Gasteiger charge is 2.06. The fourth-order valence-corrected chi connectivity index (χ4v) is 2.58. The monoisotopic (exact) mass is 374 g/mol. The van der Waals surface area contributed by atoms with Crippen LogP contribution in [0.1, 0.15) is 22.3 Å². The SMILES string of the molecule is O=C(CCNC(=O)c1ccccc1)Nc1ccc(OCc2ccccc2)cc1. The highest BCUT2D eigenvalue weighted by Crippen LogP contribution is 2.17. The maximum absolute atomic E-state index is 12.0. The fraction of sp³-hybridized carbons (Fsp3) is 0.130. The van der Waals surface area contributed by atoms with Crippen LogP contribution in [0.15, 0.2) is 84.9 Å². The summed E-state index contributed by atoms with van der Waals surface area (Å²) < 4.78 is 5.73. The molecule has 3 rings (SSSR count). The Morgan fingerprint density at radius 2 is 1.43 bits per heavy atom. The van der Waals surface area contributed by atoms with Gasteiger partial charge in [-0.3, -0.25) is 9.59 Å². The van der Waals surface area contributed by atoms with Gasteiger partial charge < -0.3 is 15.4 Å². The lowest BCUT2D eigenvalue weighted by Crippen LogP contribution is -2.27. The van der Waals surface area contributed by atoms with Crippen molar-refractivity contribution in [2.45, 2.75) is 13.0 Å². The molecule has 0 spiro atoms. The molecule has 0 atom stereocenters. The van der Waals surface area contributed by atoms with Crippen molar-refractivity contribution in [2.24, 2.45) is 0 Å². The largest absolute Gasteiger partial charge is 0.489 e. The van der Waals surface area contributed by atoms with Gasteiger partial charge in [0, 0.05) is 24.2 Å². The van der Waals surface area contributed by atoms with Crippen LogP contribution < -0.4 is 15.4 Å². The molecule has 0 saturated heterocycles. The molecule has 3 aromatic rings. The lowest BCUT2D eigenvalue weighted by atomic mass is 10.2. The number of rotatable bonds is 8. The minimum absolute atomic E-state index is 0.161. The Kier molecular flexibility index (Phi) is 6.79. The number of hydrogen-bond donors (Lipinski definition) is 2. The lowest BCUT2D eigenvalue weighted by Gasteiger charge is -2.09. The van der Waals surface area contributed by atoms with Crippen molar-refractivity contribution in [3.8, 4) is 5.75 Å². The highest BCUT2D eigenvalue weighted by atomic mass is 16.5. The number of nitrogens with one attached hydrogen (secondary N) is 2. The van der Waals surface area contributed by atoms with Gasteiger partial charge >= 0.3 is 0 Å². The first-order chi connectivity index (χ1) is 13.7. The van der Waals surface area contributed by atoms with Crippen molar-refractivity contribution >= 4 is 17.5 Å². The van der Waals surface area contributed by atoms with Gasteiger partial charge in [0.2, 0.25) is 5.91 Å². The van der Waals surface area contributed by atoms with Crippen LogP contribution in [-0.4, -0.2) is 18.4 Å². The summed E-state index contributed by atoms with van der Waals surface area (Å²) >= 11 is 0. The average Bonchev–Trinajstić information content (AvgIpc) is 2.74. The molecule has 0 radical (unpaired) electrons. The number of carbonyl (C=O) groups excluding carboxylic acids is 2. The molecule has 2 N–H and O–H groups in total. The molecule has 0 aliphatic heterocycles. The summed E-state index contributed by atoms with van der Waals surface area (Å²) in [7, 11) is 0. The molecule has 0 aliphatic rings. The van der Waals surface area contributed by atoms with Gasteiger partial charge in [-0.2, -0.15) is 0 Å². The topological polar surface area (TPSA) is 67.4 Å². The fourth-order valence-electron chi connectivity index (χ4n) is 2.58. The third-order valence-corrected chi connectivity index (χ3v) is 4.06. The van der Waals surface area contributed by atoms with Gasteiger partial charge in [-0.15, -0.1) is 0 Å². The average molecular weight is 374 g/mol. The summed E-state index contributed by atoms with van der Waals surface area (Å²) in [4.78, 5) is 24.0. The number of carbonyl (C=O) groups is 2. The van der Waals surface area contributed by atoms with Crippen molar-refractivity contribution in [2.75, 3.05) is 11.9 Å². The lowest BCUT2D eigenvalue weighted by molar-refractivity contribution is -0.116. The number of anilines is 1. The smallest absolute Gasteiger partial charge is 0.251 e. The van der Waals surface area contributed by atoms with Gasteiger partial charge in [0.05, 0.1) is 0 Å². The zero-order chi connectivity index (χ0) is 19.6. The first-order valence-corrected chi connectivity index (χ1v) is 9.10. The van der Waals surface area contributed by atoms with E-state index in [1.807, 2.05) is 48.5 Å². The molecular formula is C23H22N2O3. The molecule has 0 aliphatic carbocycles. The Morgan fingerprint density at radius 1 is 0.786 bits per heavy atom. The Labute approximate surface area is 164 Å². The van der Waals surface area contributed by atoms with E-state index in [1.165, 1.54) is 0 Å². The molecule has 2 amide bonds. The van der Waals surface area contributed by atoms with Crippen molar-refractivity contribution in [3.05, 3.63) is 96.1 Å². The van der Waals surface area contributed by atoms with Gasteiger partial charge in [-0.05, 0) is 42.0 Å². The summed E-state index contributed by atoms with van der Waals surface area (Å²) in [6.45, 7) is 0.769. The van der Waals surface area contributed by atoms with Gasteiger partial charge in [0.1, 0.15) is 12.4 Å². The molecule has 0 saturated carbocycles. The number of amides is 2. The predicted octanol–water partition coefficient (Wildman–Crippen LogP) is 4.02. The van der Waals surface area contributed by atoms with Gasteiger partial charge in [0.25, 0.3) is 5.91 Å². The van der Waals surface area contributed by atoms with E-state index in [4.69, 9.17) is 4.74 Å². The minimum atomic E-state index is -0.187. The first kappa shape index (κ1) is 19.2. The third kappa shape index (κ3) is 5.99. The maximum Gasteiger partial charge on any atom is 0.251 e. The Hall–Kier alpha value is -3.60. The Morgan fingerprint density at radius 3 is 2.11 bits per heavy atom. The number of ether oxygens (including phenoxy) is 1. The second-order valence-electron chi connectivity index (χ2n) is 6.22. The molecule has 0 fully saturated rings. The maximum atomic E-state index is 12.0. The predicted molar refractivity (Wildman–Crippen MR) is 109 cm³/mol. The Balaban J connectivity index is 1.40. The van der Waals surface area contributed by atoms with Crippen LogP contribution in [0.25, 0.3) is 0 Å². The molecule has 3 aromatic carbocycles. The number of benzene rings is 3. The standard InChI is InChI=1S/C23H22N2O3/c26-22(15-16-24-23(27)19-9-5-2-6-10-19)25-20-11-13-21(14-12-20)28-17-18-7-3-1-4-8-18/h1-14H,15-17H2,(H,24,27)(H,25,26). The second-order valence-corrected chi connectivity index (χ2v) is 6.22.